The Morgan fingerprint density at radius 1 is 1.53 bits per heavy atom. The minimum atomic E-state index is 0.0926. The van der Waals surface area contributed by atoms with Crippen LogP contribution in [0.1, 0.15) is 29.6 Å². The number of rotatable bonds is 3. The normalized spacial score (nSPS) is 19.2. The fraction of sp³-hybridized carbons (Fsp3) is 0.400. The Hall–Kier alpha value is -1.32. The second kappa shape index (κ2) is 4.99. The second-order valence-electron chi connectivity index (χ2n) is 5.08. The van der Waals surface area contributed by atoms with E-state index >= 15 is 0 Å². The van der Waals surface area contributed by atoms with E-state index in [0.29, 0.717) is 11.4 Å². The Morgan fingerprint density at radius 3 is 3.11 bits per heavy atom. The van der Waals surface area contributed by atoms with Gasteiger partial charge in [-0.05, 0) is 25.0 Å². The Kier molecular flexibility index (Phi) is 3.33. The molecule has 0 spiro atoms. The molecule has 1 unspecified atom stereocenters. The number of aryl methyl sites for hydroxylation is 1. The van der Waals surface area contributed by atoms with Crippen molar-refractivity contribution in [3.05, 3.63) is 35.0 Å². The number of fused-ring (bicyclic) bond motifs is 1. The van der Waals surface area contributed by atoms with Crippen LogP contribution in [-0.2, 0) is 11.8 Å². The minimum Gasteiger partial charge on any atom is -0.378 e. The topological polar surface area (TPSA) is 31.2 Å². The molecule has 1 aromatic heterocycles. The molecule has 0 amide bonds. The van der Waals surface area contributed by atoms with Crippen LogP contribution in [0.25, 0.3) is 10.9 Å². The molecule has 4 heteroatoms. The zero-order valence-corrected chi connectivity index (χ0v) is 11.6. The van der Waals surface area contributed by atoms with Crippen LogP contribution in [-0.4, -0.2) is 23.1 Å². The summed E-state index contributed by atoms with van der Waals surface area (Å²) in [5.74, 6) is 0.153. The quantitative estimate of drug-likeness (QED) is 0.803. The van der Waals surface area contributed by atoms with Crippen molar-refractivity contribution < 1.29 is 9.53 Å². The highest BCUT2D eigenvalue weighted by Gasteiger charge is 2.22. The highest BCUT2D eigenvalue weighted by Crippen LogP contribution is 2.26. The van der Waals surface area contributed by atoms with Crippen LogP contribution in [0.2, 0.25) is 5.02 Å². The Balaban J connectivity index is 1.93. The molecule has 1 saturated heterocycles. The van der Waals surface area contributed by atoms with Crippen molar-refractivity contribution in [3.8, 4) is 0 Å². The van der Waals surface area contributed by atoms with Gasteiger partial charge in [-0.15, -0.1) is 0 Å². The maximum Gasteiger partial charge on any atom is 0.167 e. The Labute approximate surface area is 117 Å². The molecule has 3 rings (SSSR count). The van der Waals surface area contributed by atoms with Gasteiger partial charge in [-0.2, -0.15) is 0 Å². The van der Waals surface area contributed by atoms with E-state index in [0.717, 1.165) is 35.9 Å². The third kappa shape index (κ3) is 2.40. The third-order valence-corrected chi connectivity index (χ3v) is 3.93. The van der Waals surface area contributed by atoms with Crippen molar-refractivity contribution >= 4 is 28.3 Å². The average Bonchev–Trinajstić information content (AvgIpc) is 2.98. The van der Waals surface area contributed by atoms with Gasteiger partial charge in [0.1, 0.15) is 0 Å². The first kappa shape index (κ1) is 12.7. The molecule has 19 heavy (non-hydrogen) atoms. The predicted molar refractivity (Wildman–Crippen MR) is 75.9 cm³/mol. The summed E-state index contributed by atoms with van der Waals surface area (Å²) in [6.45, 7) is 0.781. The lowest BCUT2D eigenvalue weighted by Crippen LogP contribution is -2.12. The van der Waals surface area contributed by atoms with Gasteiger partial charge in [0.2, 0.25) is 0 Å². The van der Waals surface area contributed by atoms with Crippen molar-refractivity contribution in [2.24, 2.45) is 7.05 Å². The van der Waals surface area contributed by atoms with Crippen molar-refractivity contribution in [1.82, 2.24) is 4.57 Å². The van der Waals surface area contributed by atoms with Crippen LogP contribution in [0.4, 0.5) is 0 Å². The number of hydrogen-bond acceptors (Lipinski definition) is 2. The summed E-state index contributed by atoms with van der Waals surface area (Å²) in [6, 6.07) is 5.63. The Morgan fingerprint density at radius 2 is 2.37 bits per heavy atom. The third-order valence-electron chi connectivity index (χ3n) is 3.69. The lowest BCUT2D eigenvalue weighted by atomic mass is 10.0. The SMILES string of the molecule is Cn1cc(C(=O)CC2CCCO2)c2ccc(Cl)cc21. The number of benzene rings is 1. The Bertz CT molecular complexity index is 626. The van der Waals surface area contributed by atoms with Gasteiger partial charge in [0.15, 0.2) is 5.78 Å². The first-order valence-electron chi connectivity index (χ1n) is 6.54. The monoisotopic (exact) mass is 277 g/mol. The molecule has 0 saturated carbocycles. The number of halogens is 1. The van der Waals surface area contributed by atoms with E-state index in [1.165, 1.54) is 0 Å². The van der Waals surface area contributed by atoms with Crippen LogP contribution < -0.4 is 0 Å². The summed E-state index contributed by atoms with van der Waals surface area (Å²) in [5, 5.41) is 1.65. The van der Waals surface area contributed by atoms with Gasteiger partial charge in [0, 0.05) is 47.8 Å². The number of nitrogens with zero attached hydrogens (tertiary/aromatic N) is 1. The zero-order valence-electron chi connectivity index (χ0n) is 10.9. The van der Waals surface area contributed by atoms with E-state index in [1.54, 1.807) is 0 Å². The molecule has 0 radical (unpaired) electrons. The fourth-order valence-corrected chi connectivity index (χ4v) is 2.87. The van der Waals surface area contributed by atoms with E-state index in [9.17, 15) is 4.79 Å². The largest absolute Gasteiger partial charge is 0.378 e. The molecule has 0 aliphatic carbocycles. The zero-order chi connectivity index (χ0) is 13.4. The maximum atomic E-state index is 12.4. The van der Waals surface area contributed by atoms with Gasteiger partial charge >= 0.3 is 0 Å². The van der Waals surface area contributed by atoms with Crippen LogP contribution >= 0.6 is 11.6 Å². The van der Waals surface area contributed by atoms with Crippen LogP contribution in [0, 0.1) is 0 Å². The van der Waals surface area contributed by atoms with Gasteiger partial charge in [-0.1, -0.05) is 17.7 Å². The molecule has 3 nitrogen and oxygen atoms in total. The molecule has 1 fully saturated rings. The number of hydrogen-bond donors (Lipinski definition) is 0. The van der Waals surface area contributed by atoms with Crippen molar-refractivity contribution in [2.45, 2.75) is 25.4 Å². The lowest BCUT2D eigenvalue weighted by Gasteiger charge is -2.07. The highest BCUT2D eigenvalue weighted by atomic mass is 35.5. The molecular weight excluding hydrogens is 262 g/mol. The highest BCUT2D eigenvalue weighted by molar-refractivity contribution is 6.31. The molecule has 0 N–H and O–H groups in total. The molecule has 1 atom stereocenters. The molecule has 0 bridgehead atoms. The van der Waals surface area contributed by atoms with E-state index in [2.05, 4.69) is 0 Å². The number of aromatic nitrogens is 1. The molecule has 1 aliphatic heterocycles. The van der Waals surface area contributed by atoms with Gasteiger partial charge in [-0.3, -0.25) is 4.79 Å². The number of carbonyl (C=O) groups excluding carboxylic acids is 1. The number of ether oxygens (including phenoxy) is 1. The van der Waals surface area contributed by atoms with Crippen LogP contribution in [0.5, 0.6) is 0 Å². The summed E-state index contributed by atoms with van der Waals surface area (Å²) in [7, 11) is 1.93. The average molecular weight is 278 g/mol. The summed E-state index contributed by atoms with van der Waals surface area (Å²) in [4.78, 5) is 12.4. The number of ketones is 1. The van der Waals surface area contributed by atoms with E-state index in [1.807, 2.05) is 36.0 Å². The standard InChI is InChI=1S/C15H16ClNO2/c1-17-9-13(12-5-4-10(16)7-14(12)17)15(18)8-11-3-2-6-19-11/h4-5,7,9,11H,2-3,6,8H2,1H3. The summed E-state index contributed by atoms with van der Waals surface area (Å²) >= 11 is 6.00. The first-order chi connectivity index (χ1) is 9.15. The first-order valence-corrected chi connectivity index (χ1v) is 6.92. The van der Waals surface area contributed by atoms with Crippen molar-refractivity contribution in [3.63, 3.8) is 0 Å². The number of carbonyl (C=O) groups is 1. The number of Topliss-reactive ketones (excluding diaryl/α,β-unsaturated/α-hetero) is 1. The second-order valence-corrected chi connectivity index (χ2v) is 5.51. The van der Waals surface area contributed by atoms with Gasteiger partial charge in [-0.25, -0.2) is 0 Å². The van der Waals surface area contributed by atoms with E-state index in [-0.39, 0.29) is 11.9 Å². The maximum absolute atomic E-state index is 12.4. The summed E-state index contributed by atoms with van der Waals surface area (Å²) in [5.41, 5.74) is 1.76. The predicted octanol–water partition coefficient (Wildman–Crippen LogP) is 3.58. The minimum absolute atomic E-state index is 0.0926. The van der Waals surface area contributed by atoms with Crippen molar-refractivity contribution in [2.75, 3.05) is 6.61 Å². The van der Waals surface area contributed by atoms with E-state index < -0.39 is 0 Å². The molecule has 100 valence electrons. The lowest BCUT2D eigenvalue weighted by molar-refractivity contribution is 0.0777. The van der Waals surface area contributed by atoms with E-state index in [4.69, 9.17) is 16.3 Å². The smallest absolute Gasteiger partial charge is 0.167 e. The fourth-order valence-electron chi connectivity index (χ4n) is 2.70. The molecule has 1 aliphatic rings. The van der Waals surface area contributed by atoms with Crippen LogP contribution in [0.15, 0.2) is 24.4 Å². The molecule has 2 heterocycles. The van der Waals surface area contributed by atoms with Gasteiger partial charge in [0.05, 0.1) is 6.10 Å². The van der Waals surface area contributed by atoms with Gasteiger partial charge < -0.3 is 9.30 Å². The van der Waals surface area contributed by atoms with Gasteiger partial charge in [0.25, 0.3) is 0 Å². The molecule has 1 aromatic carbocycles. The molecule has 2 aromatic rings. The summed E-state index contributed by atoms with van der Waals surface area (Å²) in [6.07, 6.45) is 4.50. The summed E-state index contributed by atoms with van der Waals surface area (Å²) < 4.78 is 7.48. The van der Waals surface area contributed by atoms with Crippen molar-refractivity contribution in [1.29, 1.82) is 0 Å². The molecular formula is C15H16ClNO2. The van der Waals surface area contributed by atoms with Crippen LogP contribution in [0.3, 0.4) is 0 Å².